The molecule has 0 spiro atoms. The lowest BCUT2D eigenvalue weighted by Gasteiger charge is -2.29. The molecule has 1 aliphatic carbocycles. The minimum Gasteiger partial charge on any atom is -0.454 e. The van der Waals surface area contributed by atoms with Crippen LogP contribution in [0.3, 0.4) is 0 Å². The van der Waals surface area contributed by atoms with E-state index in [-0.39, 0.29) is 27.5 Å². The van der Waals surface area contributed by atoms with Crippen molar-refractivity contribution in [3.63, 3.8) is 0 Å². The number of nitrogens with one attached hydrogen (secondary N) is 1. The van der Waals surface area contributed by atoms with Crippen LogP contribution in [-0.2, 0) is 23.9 Å². The predicted molar refractivity (Wildman–Crippen MR) is 112 cm³/mol. The summed E-state index contributed by atoms with van der Waals surface area (Å²) in [6, 6.07) is 9.16. The van der Waals surface area contributed by atoms with Crippen molar-refractivity contribution in [2.75, 3.05) is 13.2 Å². The molecule has 1 saturated heterocycles. The van der Waals surface area contributed by atoms with Crippen LogP contribution in [0, 0.1) is 11.8 Å². The van der Waals surface area contributed by atoms with Gasteiger partial charge in [0.15, 0.2) is 6.61 Å². The Morgan fingerprint density at radius 2 is 1.66 bits per heavy atom. The molecule has 3 rings (SSSR count). The number of carbonyl (C=O) groups is 4. The maximum absolute atomic E-state index is 12.6. The van der Waals surface area contributed by atoms with Gasteiger partial charge in [-0.1, -0.05) is 62.2 Å². The van der Waals surface area contributed by atoms with Crippen LogP contribution >= 0.6 is 31.9 Å². The van der Waals surface area contributed by atoms with Crippen LogP contribution in [-0.4, -0.2) is 51.4 Å². The smallest absolute Gasteiger partial charge is 0.326 e. The molecule has 9 heteroatoms. The highest BCUT2D eigenvalue weighted by Gasteiger charge is 2.52. The van der Waals surface area contributed by atoms with Crippen LogP contribution in [0.1, 0.15) is 31.4 Å². The standard InChI is InChI=1S/C20H22Br2N2O5/c1-11(12-5-3-2-4-6-12)23-17(25)10-29-18(26)9-24-19(27)13-7-15(21)16(22)8-14(13)20(24)28/h2-6,11,13-16H,7-10H2,1H3,(H,23,25)/t11-,13-,14+,15+,16-/m0/s1. The van der Waals surface area contributed by atoms with Crippen LogP contribution in [0.4, 0.5) is 0 Å². The van der Waals surface area contributed by atoms with Crippen molar-refractivity contribution >= 4 is 55.6 Å². The molecule has 5 atom stereocenters. The van der Waals surface area contributed by atoms with Gasteiger partial charge in [-0.15, -0.1) is 0 Å². The van der Waals surface area contributed by atoms with Gasteiger partial charge in [-0.05, 0) is 25.3 Å². The molecule has 0 unspecified atom stereocenters. The first-order chi connectivity index (χ1) is 13.8. The first-order valence-electron chi connectivity index (χ1n) is 9.41. The summed E-state index contributed by atoms with van der Waals surface area (Å²) in [5.74, 6) is -2.75. The van der Waals surface area contributed by atoms with E-state index in [0.29, 0.717) is 12.8 Å². The van der Waals surface area contributed by atoms with Crippen LogP contribution in [0.5, 0.6) is 0 Å². The quantitative estimate of drug-likeness (QED) is 0.347. The zero-order valence-corrected chi connectivity index (χ0v) is 19.0. The summed E-state index contributed by atoms with van der Waals surface area (Å²) in [5, 5.41) is 2.74. The van der Waals surface area contributed by atoms with Crippen molar-refractivity contribution in [3.05, 3.63) is 35.9 Å². The number of nitrogens with zero attached hydrogens (tertiary/aromatic N) is 1. The van der Waals surface area contributed by atoms with Crippen LogP contribution in [0.25, 0.3) is 0 Å². The van der Waals surface area contributed by atoms with Crippen LogP contribution in [0.15, 0.2) is 30.3 Å². The molecule has 2 aliphatic rings. The molecule has 3 amide bonds. The van der Waals surface area contributed by atoms with Gasteiger partial charge in [0.2, 0.25) is 11.8 Å². The van der Waals surface area contributed by atoms with E-state index in [4.69, 9.17) is 4.74 Å². The van der Waals surface area contributed by atoms with Gasteiger partial charge in [-0.2, -0.15) is 0 Å². The van der Waals surface area contributed by atoms with Crippen molar-refractivity contribution < 1.29 is 23.9 Å². The minimum absolute atomic E-state index is 0.0997. The van der Waals surface area contributed by atoms with E-state index in [2.05, 4.69) is 37.2 Å². The summed E-state index contributed by atoms with van der Waals surface area (Å²) < 4.78 is 4.98. The van der Waals surface area contributed by atoms with Crippen molar-refractivity contribution in [2.24, 2.45) is 11.8 Å². The number of ether oxygens (including phenoxy) is 1. The summed E-state index contributed by atoms with van der Waals surface area (Å²) in [4.78, 5) is 50.4. The van der Waals surface area contributed by atoms with Gasteiger partial charge in [0, 0.05) is 9.65 Å². The second kappa shape index (κ2) is 9.38. The van der Waals surface area contributed by atoms with Gasteiger partial charge in [0.1, 0.15) is 6.54 Å². The Bertz CT molecular complexity index is 775. The predicted octanol–water partition coefficient (Wildman–Crippen LogP) is 2.33. The number of halogens is 2. The Hall–Kier alpha value is -1.74. The van der Waals surface area contributed by atoms with Crippen molar-refractivity contribution in [1.29, 1.82) is 0 Å². The van der Waals surface area contributed by atoms with Crippen LogP contribution in [0.2, 0.25) is 0 Å². The fourth-order valence-electron chi connectivity index (χ4n) is 3.75. The van der Waals surface area contributed by atoms with Gasteiger partial charge in [0.25, 0.3) is 5.91 Å². The Labute approximate surface area is 185 Å². The lowest BCUT2D eigenvalue weighted by atomic mass is 9.81. The lowest BCUT2D eigenvalue weighted by molar-refractivity contribution is -0.155. The fraction of sp³-hybridized carbons (Fsp3) is 0.500. The molecule has 7 nitrogen and oxygen atoms in total. The van der Waals surface area contributed by atoms with Crippen molar-refractivity contribution in [3.8, 4) is 0 Å². The number of hydrogen-bond acceptors (Lipinski definition) is 5. The van der Waals surface area contributed by atoms with Gasteiger partial charge in [-0.3, -0.25) is 24.1 Å². The number of hydrogen-bond donors (Lipinski definition) is 1. The average Bonchev–Trinajstić information content (AvgIpc) is 2.92. The van der Waals surface area contributed by atoms with Crippen molar-refractivity contribution in [2.45, 2.75) is 35.5 Å². The highest BCUT2D eigenvalue weighted by atomic mass is 79.9. The van der Waals surface area contributed by atoms with E-state index < -0.39 is 36.9 Å². The summed E-state index contributed by atoms with van der Waals surface area (Å²) in [6.45, 7) is 0.894. The zero-order chi connectivity index (χ0) is 21.1. The lowest BCUT2D eigenvalue weighted by Crippen LogP contribution is -2.38. The summed E-state index contributed by atoms with van der Waals surface area (Å²) in [5.41, 5.74) is 0.929. The summed E-state index contributed by atoms with van der Waals surface area (Å²) >= 11 is 7.04. The van der Waals surface area contributed by atoms with Crippen molar-refractivity contribution in [1.82, 2.24) is 10.2 Å². The molecule has 1 N–H and O–H groups in total. The number of rotatable bonds is 6. The first-order valence-corrected chi connectivity index (χ1v) is 11.2. The van der Waals surface area contributed by atoms with Crippen LogP contribution < -0.4 is 5.32 Å². The topological polar surface area (TPSA) is 92.8 Å². The monoisotopic (exact) mass is 528 g/mol. The Morgan fingerprint density at radius 1 is 1.10 bits per heavy atom. The Balaban J connectivity index is 1.49. The minimum atomic E-state index is -0.779. The number of benzene rings is 1. The highest BCUT2D eigenvalue weighted by molar-refractivity contribution is 9.12. The van der Waals surface area contributed by atoms with E-state index in [9.17, 15) is 19.2 Å². The zero-order valence-electron chi connectivity index (χ0n) is 15.8. The molecule has 156 valence electrons. The highest BCUT2D eigenvalue weighted by Crippen LogP contribution is 2.43. The van der Waals surface area contributed by atoms with E-state index in [0.717, 1.165) is 10.5 Å². The maximum Gasteiger partial charge on any atom is 0.326 e. The Morgan fingerprint density at radius 3 is 2.21 bits per heavy atom. The SMILES string of the molecule is C[C@H](NC(=O)COC(=O)CN1C(=O)[C@H]2C[C@@H](Br)[C@@H](Br)C[C@H]2C1=O)c1ccccc1. The molecule has 1 saturated carbocycles. The molecule has 0 aromatic heterocycles. The molecule has 1 aromatic carbocycles. The molecule has 1 aliphatic heterocycles. The fourth-order valence-corrected chi connectivity index (χ4v) is 4.99. The van der Waals surface area contributed by atoms with Gasteiger partial charge in [0.05, 0.1) is 17.9 Å². The second-order valence-electron chi connectivity index (χ2n) is 7.34. The number of alkyl halides is 2. The summed E-state index contributed by atoms with van der Waals surface area (Å²) in [7, 11) is 0. The molecular formula is C20H22Br2N2O5. The number of esters is 1. The molecule has 0 radical (unpaired) electrons. The Kier molecular flexibility index (Phi) is 7.10. The first kappa shape index (κ1) is 22.0. The number of fused-ring (bicyclic) bond motifs is 1. The number of likely N-dealkylation sites (tertiary alicyclic amines) is 1. The van der Waals surface area contributed by atoms with E-state index in [1.54, 1.807) is 0 Å². The maximum atomic E-state index is 12.6. The van der Waals surface area contributed by atoms with E-state index in [1.165, 1.54) is 0 Å². The molecule has 1 heterocycles. The second-order valence-corrected chi connectivity index (χ2v) is 9.69. The number of amides is 3. The average molecular weight is 530 g/mol. The van der Waals surface area contributed by atoms with Gasteiger partial charge in [-0.25, -0.2) is 0 Å². The number of imide groups is 1. The molecule has 2 fully saturated rings. The van der Waals surface area contributed by atoms with E-state index >= 15 is 0 Å². The third-order valence-electron chi connectivity index (χ3n) is 5.33. The third-order valence-corrected chi connectivity index (χ3v) is 8.06. The molecule has 1 aromatic rings. The molecular weight excluding hydrogens is 508 g/mol. The largest absolute Gasteiger partial charge is 0.454 e. The van der Waals surface area contributed by atoms with Gasteiger partial charge < -0.3 is 10.1 Å². The normalized spacial score (nSPS) is 27.3. The molecule has 0 bridgehead atoms. The summed E-state index contributed by atoms with van der Waals surface area (Å²) in [6.07, 6.45) is 1.08. The molecule has 29 heavy (non-hydrogen) atoms. The number of carbonyl (C=O) groups excluding carboxylic acids is 4. The van der Waals surface area contributed by atoms with Gasteiger partial charge >= 0.3 is 5.97 Å². The third kappa shape index (κ3) is 5.06. The van der Waals surface area contributed by atoms with E-state index in [1.807, 2.05) is 37.3 Å².